The van der Waals surface area contributed by atoms with Gasteiger partial charge >= 0.3 is 0 Å². The molecule has 0 atom stereocenters. The van der Waals surface area contributed by atoms with Crippen LogP contribution in [0.1, 0.15) is 11.1 Å². The SMILES string of the molecule is Fc1ccc(CNCc2ccc3nccnc3c2)cc1. The molecule has 0 bridgehead atoms. The van der Waals surface area contributed by atoms with Crippen LogP contribution in [0.2, 0.25) is 0 Å². The van der Waals surface area contributed by atoms with Crippen LogP contribution >= 0.6 is 0 Å². The zero-order valence-electron chi connectivity index (χ0n) is 10.9. The van der Waals surface area contributed by atoms with Crippen LogP contribution in [0, 0.1) is 5.82 Å². The summed E-state index contributed by atoms with van der Waals surface area (Å²) in [5.41, 5.74) is 4.01. The van der Waals surface area contributed by atoms with Gasteiger partial charge < -0.3 is 5.32 Å². The summed E-state index contributed by atoms with van der Waals surface area (Å²) in [6.45, 7) is 1.45. The van der Waals surface area contributed by atoms with E-state index in [4.69, 9.17) is 0 Å². The number of hydrogen-bond acceptors (Lipinski definition) is 3. The first-order valence-electron chi connectivity index (χ1n) is 6.46. The highest BCUT2D eigenvalue weighted by Crippen LogP contribution is 2.11. The minimum atomic E-state index is -0.207. The minimum absolute atomic E-state index is 0.207. The molecule has 20 heavy (non-hydrogen) atoms. The lowest BCUT2D eigenvalue weighted by Gasteiger charge is -2.06. The third-order valence-corrected chi connectivity index (χ3v) is 3.11. The van der Waals surface area contributed by atoms with Gasteiger partial charge in [-0.15, -0.1) is 0 Å². The predicted octanol–water partition coefficient (Wildman–Crippen LogP) is 3.06. The van der Waals surface area contributed by atoms with Crippen LogP contribution in [-0.2, 0) is 13.1 Å². The molecule has 3 rings (SSSR count). The van der Waals surface area contributed by atoms with Gasteiger partial charge in [0.1, 0.15) is 5.82 Å². The molecule has 1 aromatic heterocycles. The number of aromatic nitrogens is 2. The summed E-state index contributed by atoms with van der Waals surface area (Å²) in [4.78, 5) is 8.53. The molecule has 3 aromatic rings. The first kappa shape index (κ1) is 12.7. The largest absolute Gasteiger partial charge is 0.309 e. The van der Waals surface area contributed by atoms with Crippen LogP contribution in [0.5, 0.6) is 0 Å². The Hall–Kier alpha value is -2.33. The van der Waals surface area contributed by atoms with Gasteiger partial charge in [-0.3, -0.25) is 9.97 Å². The third-order valence-electron chi connectivity index (χ3n) is 3.11. The molecular weight excluding hydrogens is 253 g/mol. The molecule has 3 nitrogen and oxygen atoms in total. The average molecular weight is 267 g/mol. The molecule has 0 spiro atoms. The molecule has 0 radical (unpaired) electrons. The van der Waals surface area contributed by atoms with Crippen LogP contribution in [0.4, 0.5) is 4.39 Å². The van der Waals surface area contributed by atoms with Gasteiger partial charge in [-0.1, -0.05) is 18.2 Å². The molecule has 0 saturated carbocycles. The fourth-order valence-electron chi connectivity index (χ4n) is 2.07. The predicted molar refractivity (Wildman–Crippen MR) is 76.5 cm³/mol. The van der Waals surface area contributed by atoms with Gasteiger partial charge in [-0.25, -0.2) is 4.39 Å². The first-order valence-corrected chi connectivity index (χ1v) is 6.46. The van der Waals surface area contributed by atoms with Crippen molar-refractivity contribution in [3.63, 3.8) is 0 Å². The quantitative estimate of drug-likeness (QED) is 0.789. The van der Waals surface area contributed by atoms with Crippen LogP contribution < -0.4 is 5.32 Å². The van der Waals surface area contributed by atoms with E-state index in [-0.39, 0.29) is 5.82 Å². The minimum Gasteiger partial charge on any atom is -0.309 e. The number of fused-ring (bicyclic) bond motifs is 1. The molecule has 0 unspecified atom stereocenters. The van der Waals surface area contributed by atoms with Crippen molar-refractivity contribution < 1.29 is 4.39 Å². The topological polar surface area (TPSA) is 37.8 Å². The molecule has 1 heterocycles. The van der Waals surface area contributed by atoms with Gasteiger partial charge in [-0.05, 0) is 35.4 Å². The maximum Gasteiger partial charge on any atom is 0.123 e. The Bertz CT molecular complexity index is 710. The van der Waals surface area contributed by atoms with Crippen LogP contribution in [0.15, 0.2) is 54.9 Å². The van der Waals surface area contributed by atoms with Crippen LogP contribution in [0.3, 0.4) is 0 Å². The van der Waals surface area contributed by atoms with E-state index in [1.54, 1.807) is 24.5 Å². The molecule has 4 heteroatoms. The molecular formula is C16H14FN3. The number of nitrogens with one attached hydrogen (secondary N) is 1. The Kier molecular flexibility index (Phi) is 3.65. The lowest BCUT2D eigenvalue weighted by Crippen LogP contribution is -2.12. The normalized spacial score (nSPS) is 10.8. The summed E-state index contributed by atoms with van der Waals surface area (Å²) in [6.07, 6.45) is 3.38. The van der Waals surface area contributed by atoms with E-state index in [1.165, 1.54) is 12.1 Å². The molecule has 100 valence electrons. The number of benzene rings is 2. The highest BCUT2D eigenvalue weighted by molar-refractivity contribution is 5.74. The zero-order valence-corrected chi connectivity index (χ0v) is 10.9. The summed E-state index contributed by atoms with van der Waals surface area (Å²) >= 11 is 0. The van der Waals surface area contributed by atoms with E-state index < -0.39 is 0 Å². The molecule has 0 amide bonds. The summed E-state index contributed by atoms with van der Waals surface area (Å²) in [5.74, 6) is -0.207. The van der Waals surface area contributed by atoms with Gasteiger partial charge in [0, 0.05) is 25.5 Å². The second-order valence-electron chi connectivity index (χ2n) is 4.61. The van der Waals surface area contributed by atoms with E-state index in [0.717, 1.165) is 28.7 Å². The number of rotatable bonds is 4. The highest BCUT2D eigenvalue weighted by atomic mass is 19.1. The fourth-order valence-corrected chi connectivity index (χ4v) is 2.07. The Labute approximate surface area is 116 Å². The maximum atomic E-state index is 12.8. The lowest BCUT2D eigenvalue weighted by molar-refractivity contribution is 0.625. The Morgan fingerprint density at radius 3 is 2.25 bits per heavy atom. The van der Waals surface area contributed by atoms with Gasteiger partial charge in [0.25, 0.3) is 0 Å². The Balaban J connectivity index is 1.63. The lowest BCUT2D eigenvalue weighted by atomic mass is 10.2. The average Bonchev–Trinajstić information content (AvgIpc) is 2.49. The van der Waals surface area contributed by atoms with Gasteiger partial charge in [0.2, 0.25) is 0 Å². The highest BCUT2D eigenvalue weighted by Gasteiger charge is 1.99. The molecule has 0 aliphatic heterocycles. The Morgan fingerprint density at radius 2 is 1.45 bits per heavy atom. The van der Waals surface area contributed by atoms with Crippen molar-refractivity contribution in [3.8, 4) is 0 Å². The number of hydrogen-bond donors (Lipinski definition) is 1. The summed E-state index contributed by atoms with van der Waals surface area (Å²) in [7, 11) is 0. The van der Waals surface area contributed by atoms with Crippen molar-refractivity contribution in [1.29, 1.82) is 0 Å². The van der Waals surface area contributed by atoms with Crippen molar-refractivity contribution in [1.82, 2.24) is 15.3 Å². The van der Waals surface area contributed by atoms with Crippen LogP contribution in [-0.4, -0.2) is 9.97 Å². The Morgan fingerprint density at radius 1 is 0.800 bits per heavy atom. The van der Waals surface area contributed by atoms with Crippen LogP contribution in [0.25, 0.3) is 11.0 Å². The van der Waals surface area contributed by atoms with Gasteiger partial charge in [0.05, 0.1) is 11.0 Å². The van der Waals surface area contributed by atoms with E-state index in [0.29, 0.717) is 6.54 Å². The molecule has 0 aliphatic carbocycles. The molecule has 0 aliphatic rings. The van der Waals surface area contributed by atoms with E-state index in [9.17, 15) is 4.39 Å². The van der Waals surface area contributed by atoms with Gasteiger partial charge in [-0.2, -0.15) is 0 Å². The number of halogens is 1. The molecule has 0 saturated heterocycles. The second-order valence-corrected chi connectivity index (χ2v) is 4.61. The molecule has 0 fully saturated rings. The standard InChI is InChI=1S/C16H14FN3/c17-14-4-1-12(2-5-14)10-18-11-13-3-6-15-16(9-13)20-8-7-19-15/h1-9,18H,10-11H2. The van der Waals surface area contributed by atoms with Crippen molar-refractivity contribution in [2.24, 2.45) is 0 Å². The first-order chi connectivity index (χ1) is 9.81. The smallest absolute Gasteiger partial charge is 0.123 e. The molecule has 2 aromatic carbocycles. The fraction of sp³-hybridized carbons (Fsp3) is 0.125. The van der Waals surface area contributed by atoms with E-state index in [1.807, 2.05) is 18.2 Å². The molecule has 1 N–H and O–H groups in total. The van der Waals surface area contributed by atoms with Crippen molar-refractivity contribution in [2.75, 3.05) is 0 Å². The summed E-state index contributed by atoms with van der Waals surface area (Å²) < 4.78 is 12.8. The van der Waals surface area contributed by atoms with E-state index >= 15 is 0 Å². The number of nitrogens with zero attached hydrogens (tertiary/aromatic N) is 2. The summed E-state index contributed by atoms with van der Waals surface area (Å²) in [6, 6.07) is 12.6. The van der Waals surface area contributed by atoms with Crippen molar-refractivity contribution >= 4 is 11.0 Å². The van der Waals surface area contributed by atoms with Crippen molar-refractivity contribution in [2.45, 2.75) is 13.1 Å². The second kappa shape index (κ2) is 5.75. The van der Waals surface area contributed by atoms with Gasteiger partial charge in [0.15, 0.2) is 0 Å². The summed E-state index contributed by atoms with van der Waals surface area (Å²) in [5, 5.41) is 3.33. The third kappa shape index (κ3) is 2.97. The monoisotopic (exact) mass is 267 g/mol. The van der Waals surface area contributed by atoms with Crippen molar-refractivity contribution in [3.05, 3.63) is 71.8 Å². The zero-order chi connectivity index (χ0) is 13.8. The maximum absolute atomic E-state index is 12.8. The van der Waals surface area contributed by atoms with E-state index in [2.05, 4.69) is 15.3 Å².